The summed E-state index contributed by atoms with van der Waals surface area (Å²) in [5, 5.41) is 33.1. The monoisotopic (exact) mass is 648 g/mol. The maximum absolute atomic E-state index is 12.4. The van der Waals surface area contributed by atoms with Gasteiger partial charge < -0.3 is 20.6 Å². The zero-order chi connectivity index (χ0) is 33.8. The second-order valence-corrected chi connectivity index (χ2v) is 13.5. The van der Waals surface area contributed by atoms with Crippen LogP contribution in [0.15, 0.2) is 36.5 Å². The van der Waals surface area contributed by atoms with Crippen molar-refractivity contribution in [1.82, 2.24) is 5.32 Å². The second kappa shape index (κ2) is 36.4. The summed E-state index contributed by atoms with van der Waals surface area (Å²) in [6.45, 7) is 4.18. The number of hydrogen-bond acceptors (Lipinski definition) is 4. The Balaban J connectivity index is 3.78. The van der Waals surface area contributed by atoms with E-state index in [1.165, 1.54) is 122 Å². The zero-order valence-corrected chi connectivity index (χ0v) is 30.5. The Morgan fingerprint density at radius 3 is 1.39 bits per heavy atom. The Hall–Kier alpha value is -1.43. The third kappa shape index (κ3) is 32.5. The summed E-state index contributed by atoms with van der Waals surface area (Å²) in [6.07, 6.45) is 44.1. The molecule has 0 bridgehead atoms. The molecule has 4 N–H and O–H groups in total. The van der Waals surface area contributed by atoms with E-state index < -0.39 is 18.2 Å². The summed E-state index contributed by atoms with van der Waals surface area (Å²) in [5.74, 6) is -0.332. The minimum Gasteiger partial charge on any atom is -0.394 e. The van der Waals surface area contributed by atoms with E-state index >= 15 is 0 Å². The third-order valence-corrected chi connectivity index (χ3v) is 8.90. The lowest BCUT2D eigenvalue weighted by molar-refractivity contribution is -0.124. The summed E-state index contributed by atoms with van der Waals surface area (Å²) in [4.78, 5) is 12.4. The van der Waals surface area contributed by atoms with Gasteiger partial charge in [-0.25, -0.2) is 0 Å². The lowest BCUT2D eigenvalue weighted by Crippen LogP contribution is -2.45. The van der Waals surface area contributed by atoms with Gasteiger partial charge in [0.1, 0.15) is 0 Å². The van der Waals surface area contributed by atoms with E-state index in [1.807, 2.05) is 6.08 Å². The van der Waals surface area contributed by atoms with Crippen LogP contribution < -0.4 is 5.32 Å². The summed E-state index contributed by atoms with van der Waals surface area (Å²) >= 11 is 0. The topological polar surface area (TPSA) is 89.8 Å². The van der Waals surface area contributed by atoms with Gasteiger partial charge >= 0.3 is 0 Å². The van der Waals surface area contributed by atoms with Crippen LogP contribution >= 0.6 is 0 Å². The van der Waals surface area contributed by atoms with E-state index in [-0.39, 0.29) is 18.9 Å². The van der Waals surface area contributed by atoms with Crippen molar-refractivity contribution >= 4 is 5.91 Å². The van der Waals surface area contributed by atoms with Crippen LogP contribution in [0.5, 0.6) is 0 Å². The summed E-state index contributed by atoms with van der Waals surface area (Å²) in [5.41, 5.74) is 0. The van der Waals surface area contributed by atoms with Crippen LogP contribution in [-0.2, 0) is 4.79 Å². The Morgan fingerprint density at radius 1 is 0.543 bits per heavy atom. The molecule has 0 aliphatic heterocycles. The van der Waals surface area contributed by atoms with Crippen LogP contribution in [-0.4, -0.2) is 46.1 Å². The smallest absolute Gasteiger partial charge is 0.222 e. The standard InChI is InChI=1S/C41H77NO4/c1-3-5-7-9-11-13-15-17-19-21-23-25-27-29-31-33-35-40(45)39(37-43)42-41(46)36-38(44)34-32-30-28-26-24-22-20-18-16-14-12-10-8-6-4-2/h18,20,25,27,33,35,38-40,43-45H,3-17,19,21-24,26,28-32,34,36-37H2,1-2H3,(H,42,46)/b20-18-,27-25+,35-33+. The number of aliphatic hydroxyl groups is 3. The summed E-state index contributed by atoms with van der Waals surface area (Å²) in [7, 11) is 0. The van der Waals surface area contributed by atoms with Crippen molar-refractivity contribution in [2.45, 2.75) is 212 Å². The normalized spacial score (nSPS) is 14.1. The van der Waals surface area contributed by atoms with Crippen molar-refractivity contribution in [3.05, 3.63) is 36.5 Å². The van der Waals surface area contributed by atoms with Crippen molar-refractivity contribution in [2.24, 2.45) is 0 Å². The van der Waals surface area contributed by atoms with Crippen molar-refractivity contribution < 1.29 is 20.1 Å². The predicted octanol–water partition coefficient (Wildman–Crippen LogP) is 10.8. The molecule has 0 aromatic heterocycles. The molecule has 3 atom stereocenters. The molecule has 270 valence electrons. The van der Waals surface area contributed by atoms with E-state index in [0.29, 0.717) is 6.42 Å². The largest absolute Gasteiger partial charge is 0.394 e. The van der Waals surface area contributed by atoms with Crippen LogP contribution in [0.1, 0.15) is 194 Å². The fourth-order valence-corrected chi connectivity index (χ4v) is 5.82. The molecule has 0 aromatic carbocycles. The van der Waals surface area contributed by atoms with E-state index in [0.717, 1.165) is 44.9 Å². The van der Waals surface area contributed by atoms with Crippen LogP contribution in [0.2, 0.25) is 0 Å². The van der Waals surface area contributed by atoms with Gasteiger partial charge in [0, 0.05) is 0 Å². The number of nitrogens with one attached hydrogen (secondary N) is 1. The fourth-order valence-electron chi connectivity index (χ4n) is 5.82. The molecular formula is C41H77NO4. The Bertz CT molecular complexity index is 719. The van der Waals surface area contributed by atoms with Crippen molar-refractivity contribution in [3.63, 3.8) is 0 Å². The average molecular weight is 648 g/mol. The summed E-state index contributed by atoms with van der Waals surface area (Å²) < 4.78 is 0. The maximum Gasteiger partial charge on any atom is 0.222 e. The maximum atomic E-state index is 12.4. The Labute approximate surface area is 285 Å². The molecule has 0 heterocycles. The minimum absolute atomic E-state index is 0.000173. The quantitative estimate of drug-likeness (QED) is 0.0407. The molecule has 46 heavy (non-hydrogen) atoms. The summed E-state index contributed by atoms with van der Waals surface area (Å²) in [6, 6.07) is -0.761. The molecule has 1 amide bonds. The van der Waals surface area contributed by atoms with Crippen molar-refractivity contribution in [1.29, 1.82) is 0 Å². The number of rotatable bonds is 35. The first kappa shape index (κ1) is 44.6. The van der Waals surface area contributed by atoms with Gasteiger partial charge in [-0.05, 0) is 57.8 Å². The molecular weight excluding hydrogens is 570 g/mol. The van der Waals surface area contributed by atoms with Crippen LogP contribution in [0.25, 0.3) is 0 Å². The fraction of sp³-hybridized carbons (Fsp3) is 0.829. The molecule has 0 radical (unpaired) electrons. The molecule has 5 heteroatoms. The van der Waals surface area contributed by atoms with Gasteiger partial charge in [0.15, 0.2) is 0 Å². The van der Waals surface area contributed by atoms with Crippen LogP contribution in [0, 0.1) is 0 Å². The van der Waals surface area contributed by atoms with Crippen LogP contribution in [0.3, 0.4) is 0 Å². The number of carbonyl (C=O) groups is 1. The average Bonchev–Trinajstić information content (AvgIpc) is 3.05. The van der Waals surface area contributed by atoms with Gasteiger partial charge in [0.2, 0.25) is 5.91 Å². The molecule has 0 saturated heterocycles. The first-order valence-electron chi connectivity index (χ1n) is 19.8. The number of aliphatic hydroxyl groups excluding tert-OH is 3. The molecule has 3 unspecified atom stereocenters. The molecule has 0 aliphatic carbocycles. The Kier molecular flexibility index (Phi) is 35.3. The minimum atomic E-state index is -0.952. The van der Waals surface area contributed by atoms with Gasteiger partial charge in [-0.15, -0.1) is 0 Å². The highest BCUT2D eigenvalue weighted by Gasteiger charge is 2.20. The molecule has 0 fully saturated rings. The molecule has 0 rings (SSSR count). The zero-order valence-electron chi connectivity index (χ0n) is 30.5. The lowest BCUT2D eigenvalue weighted by Gasteiger charge is -2.20. The lowest BCUT2D eigenvalue weighted by atomic mass is 10.0. The van der Waals surface area contributed by atoms with Crippen molar-refractivity contribution in [2.75, 3.05) is 6.61 Å². The second-order valence-electron chi connectivity index (χ2n) is 13.5. The van der Waals surface area contributed by atoms with Gasteiger partial charge in [0.25, 0.3) is 0 Å². The van der Waals surface area contributed by atoms with E-state index in [4.69, 9.17) is 0 Å². The van der Waals surface area contributed by atoms with E-state index in [9.17, 15) is 20.1 Å². The first-order valence-corrected chi connectivity index (χ1v) is 19.8. The van der Waals surface area contributed by atoms with Crippen LogP contribution in [0.4, 0.5) is 0 Å². The molecule has 0 spiro atoms. The molecule has 0 aromatic rings. The number of allylic oxidation sites excluding steroid dienone is 5. The Morgan fingerprint density at radius 2 is 0.935 bits per heavy atom. The number of amides is 1. The SMILES string of the molecule is CCCCCCCC/C=C\CCCCCCCC(O)CC(=O)NC(CO)C(O)/C=C/CC/C=C/CCCCCCCCCCCC. The third-order valence-electron chi connectivity index (χ3n) is 8.90. The number of hydrogen-bond donors (Lipinski definition) is 4. The molecule has 0 saturated carbocycles. The van der Waals surface area contributed by atoms with Gasteiger partial charge in [-0.1, -0.05) is 166 Å². The first-order chi connectivity index (χ1) is 22.5. The highest BCUT2D eigenvalue weighted by atomic mass is 16.3. The number of carbonyl (C=O) groups excluding carboxylic acids is 1. The highest BCUT2D eigenvalue weighted by molar-refractivity contribution is 5.76. The molecule has 0 aliphatic rings. The van der Waals surface area contributed by atoms with Gasteiger partial charge in [-0.2, -0.15) is 0 Å². The van der Waals surface area contributed by atoms with Crippen molar-refractivity contribution in [3.8, 4) is 0 Å². The predicted molar refractivity (Wildman–Crippen MR) is 199 cm³/mol. The van der Waals surface area contributed by atoms with Gasteiger partial charge in [-0.3, -0.25) is 4.79 Å². The number of unbranched alkanes of at least 4 members (excludes halogenated alkanes) is 22. The van der Waals surface area contributed by atoms with Gasteiger partial charge in [0.05, 0.1) is 31.3 Å². The highest BCUT2D eigenvalue weighted by Crippen LogP contribution is 2.13. The molecule has 5 nitrogen and oxygen atoms in total. The van der Waals surface area contributed by atoms with E-state index in [1.54, 1.807) is 6.08 Å². The van der Waals surface area contributed by atoms with E-state index in [2.05, 4.69) is 43.5 Å².